The summed E-state index contributed by atoms with van der Waals surface area (Å²) < 4.78 is 46.5. The topological polar surface area (TPSA) is 175 Å². The van der Waals surface area contributed by atoms with Crippen molar-refractivity contribution in [1.82, 2.24) is 43.7 Å². The fourth-order valence-electron chi connectivity index (χ4n) is 10.2. The van der Waals surface area contributed by atoms with E-state index in [1.54, 1.807) is 24.0 Å². The van der Waals surface area contributed by atoms with Crippen molar-refractivity contribution in [3.05, 3.63) is 70.2 Å². The lowest BCUT2D eigenvalue weighted by Crippen LogP contribution is -2.44. The predicted octanol–water partition coefficient (Wildman–Crippen LogP) is 3.99. The van der Waals surface area contributed by atoms with Crippen molar-refractivity contribution < 1.29 is 32.6 Å². The van der Waals surface area contributed by atoms with E-state index in [4.69, 9.17) is 14.5 Å². The zero-order valence-electron chi connectivity index (χ0n) is 34.9. The van der Waals surface area contributed by atoms with Gasteiger partial charge in [-0.3, -0.25) is 33.5 Å². The zero-order valence-corrected chi connectivity index (χ0v) is 34.9. The summed E-state index contributed by atoms with van der Waals surface area (Å²) in [6.45, 7) is 4.40. The number of anilines is 2. The molecule has 5 aliphatic rings. The second-order valence-electron chi connectivity index (χ2n) is 17.4. The number of imide groups is 1. The second kappa shape index (κ2) is 17.0. The number of hydrogen-bond acceptors (Lipinski definition) is 11. The summed E-state index contributed by atoms with van der Waals surface area (Å²) in [5.41, 5.74) is 1.62. The molecule has 0 radical (unpaired) electrons. The van der Waals surface area contributed by atoms with Crippen molar-refractivity contribution in [2.45, 2.75) is 94.5 Å². The molecule has 3 amide bonds. The number of carbonyl (C=O) groups excluding carboxylic acids is 3. The van der Waals surface area contributed by atoms with Crippen LogP contribution in [0.25, 0.3) is 16.7 Å². The molecule has 1 saturated carbocycles. The highest BCUT2D eigenvalue weighted by molar-refractivity contribution is 6.08. The van der Waals surface area contributed by atoms with Crippen LogP contribution in [0.2, 0.25) is 0 Å². The maximum absolute atomic E-state index is 14.3. The Morgan fingerprint density at radius 2 is 1.89 bits per heavy atom. The van der Waals surface area contributed by atoms with E-state index in [1.807, 2.05) is 18.2 Å². The third-order valence-electron chi connectivity index (χ3n) is 13.5. The molecule has 0 spiro atoms. The summed E-state index contributed by atoms with van der Waals surface area (Å²) in [4.78, 5) is 60.5. The monoisotopic (exact) mass is 865 g/mol. The van der Waals surface area contributed by atoms with Crippen LogP contribution in [0.1, 0.15) is 97.9 Å². The fourth-order valence-corrected chi connectivity index (χ4v) is 10.2. The van der Waals surface area contributed by atoms with Crippen LogP contribution in [0, 0.1) is 17.8 Å². The van der Waals surface area contributed by atoms with Gasteiger partial charge in [0.15, 0.2) is 11.3 Å². The molecule has 4 aliphatic heterocycles. The van der Waals surface area contributed by atoms with Crippen LogP contribution >= 0.6 is 0 Å². The minimum atomic E-state index is -2.86. The van der Waals surface area contributed by atoms with Gasteiger partial charge in [0.05, 0.1) is 59.4 Å². The molecule has 17 nitrogen and oxygen atoms in total. The number of halogens is 2. The van der Waals surface area contributed by atoms with Crippen LogP contribution in [0.4, 0.5) is 20.3 Å². The van der Waals surface area contributed by atoms with Crippen molar-refractivity contribution in [1.29, 1.82) is 0 Å². The van der Waals surface area contributed by atoms with Gasteiger partial charge in [-0.15, -0.1) is 0 Å². The summed E-state index contributed by atoms with van der Waals surface area (Å²) in [5, 5.41) is 13.6. The summed E-state index contributed by atoms with van der Waals surface area (Å²) in [7, 11) is 1.66. The van der Waals surface area contributed by atoms with Crippen LogP contribution in [0.15, 0.2) is 47.7 Å². The average molecular weight is 866 g/mol. The van der Waals surface area contributed by atoms with Gasteiger partial charge in [-0.2, -0.15) is 10.2 Å². The molecule has 63 heavy (non-hydrogen) atoms. The molecule has 2 unspecified atom stereocenters. The number of benzene rings is 1. The zero-order chi connectivity index (χ0) is 43.4. The Kier molecular flexibility index (Phi) is 11.1. The van der Waals surface area contributed by atoms with Crippen molar-refractivity contribution in [3.8, 4) is 11.8 Å². The average Bonchev–Trinajstić information content (AvgIpc) is 4.13. The molecule has 2 bridgehead atoms. The van der Waals surface area contributed by atoms with Crippen molar-refractivity contribution in [2.24, 2.45) is 13.0 Å². The van der Waals surface area contributed by atoms with E-state index in [0.29, 0.717) is 34.8 Å². The number of amides is 3. The van der Waals surface area contributed by atoms with Crippen LogP contribution < -0.4 is 21.2 Å². The standard InChI is InChI=1S/C44H49F2N11O6/c1-52-39-27(4-2-6-34(39)57(44(52)61)35-11-12-37(58)50-43(35)60)5-3-19-62-30-13-16-53(17-14-30)22-26-7-9-28(10-8-26)56-24-33(38(51-56)40(45)46)48-42(59)32-21-47-55-18-15-36(49-41(32)55)54-23-31-20-29(54)25-63-31/h2,4,6,15,18,21,24,26,28-31,35,40H,7-14,16-17,19-20,22-23,25H2,1H3,(H,48,59)(H,50,58,60)/t26-,28-,29-,31?,35?/m1/s1. The molecule has 5 fully saturated rings. The molecule has 2 N–H and O–H groups in total. The summed E-state index contributed by atoms with van der Waals surface area (Å²) in [6, 6.07) is 6.73. The molecule has 5 aromatic rings. The summed E-state index contributed by atoms with van der Waals surface area (Å²) in [5.74, 6) is 6.11. The number of imidazole rings is 1. The normalized spacial score (nSPS) is 24.4. The predicted molar refractivity (Wildman–Crippen MR) is 226 cm³/mol. The molecule has 1 aromatic carbocycles. The second-order valence-corrected chi connectivity index (χ2v) is 17.4. The largest absolute Gasteiger partial charge is 0.374 e. The van der Waals surface area contributed by atoms with E-state index >= 15 is 0 Å². The van der Waals surface area contributed by atoms with Gasteiger partial charge in [0.25, 0.3) is 12.3 Å². The molecule has 1 aliphatic carbocycles. The summed E-state index contributed by atoms with van der Waals surface area (Å²) in [6.07, 6.45) is 8.73. The van der Waals surface area contributed by atoms with E-state index in [-0.39, 0.29) is 66.6 Å². The maximum Gasteiger partial charge on any atom is 0.329 e. The number of nitrogens with one attached hydrogen (secondary N) is 2. The van der Waals surface area contributed by atoms with E-state index in [2.05, 4.69) is 42.5 Å². The Labute approximate surface area is 360 Å². The van der Waals surface area contributed by atoms with Gasteiger partial charge in [-0.25, -0.2) is 23.1 Å². The van der Waals surface area contributed by atoms with Gasteiger partial charge in [0.1, 0.15) is 24.0 Å². The smallest absolute Gasteiger partial charge is 0.329 e. The highest BCUT2D eigenvalue weighted by Crippen LogP contribution is 2.36. The van der Waals surface area contributed by atoms with Gasteiger partial charge in [0.2, 0.25) is 11.8 Å². The van der Waals surface area contributed by atoms with Gasteiger partial charge in [-0.05, 0) is 75.5 Å². The molecule has 4 aromatic heterocycles. The first-order valence-electron chi connectivity index (χ1n) is 21.9. The number of alkyl halides is 2. The van der Waals surface area contributed by atoms with Gasteiger partial charge < -0.3 is 24.6 Å². The number of hydrogen-bond donors (Lipinski definition) is 2. The minimum absolute atomic E-state index is 0.0104. The number of morpholine rings is 1. The van der Waals surface area contributed by atoms with E-state index in [1.165, 1.54) is 26.0 Å². The molecule has 3 atom stereocenters. The molecule has 4 saturated heterocycles. The molecule has 8 heterocycles. The van der Waals surface area contributed by atoms with Gasteiger partial charge in [-0.1, -0.05) is 17.9 Å². The first kappa shape index (κ1) is 41.1. The van der Waals surface area contributed by atoms with E-state index in [0.717, 1.165) is 76.9 Å². The first-order valence-corrected chi connectivity index (χ1v) is 21.9. The minimum Gasteiger partial charge on any atom is -0.374 e. The number of para-hydroxylation sites is 1. The number of ether oxygens (including phenoxy) is 2. The number of rotatable bonds is 10. The molecular formula is C44H49F2N11O6. The van der Waals surface area contributed by atoms with Crippen molar-refractivity contribution in [3.63, 3.8) is 0 Å². The van der Waals surface area contributed by atoms with E-state index < -0.39 is 30.0 Å². The van der Waals surface area contributed by atoms with Gasteiger partial charge in [0, 0.05) is 52.0 Å². The van der Waals surface area contributed by atoms with Gasteiger partial charge >= 0.3 is 5.69 Å². The summed E-state index contributed by atoms with van der Waals surface area (Å²) >= 11 is 0. The number of aromatic nitrogens is 7. The van der Waals surface area contributed by atoms with Crippen molar-refractivity contribution >= 4 is 45.9 Å². The SMILES string of the molecule is Cn1c(=O)n(C2CCC(=O)NC2=O)c2cccc(C#CCOC3CCN(C[C@H]4CC[C@H](n5cc(NC(=O)c6cnn7ccc(N8CC9C[C@@H]8CO9)nc67)c(C(F)F)n5)CC4)CC3)c21. The number of fused-ring (bicyclic) bond motifs is 4. The van der Waals surface area contributed by atoms with E-state index in [9.17, 15) is 28.0 Å². The third-order valence-corrected chi connectivity index (χ3v) is 13.5. The molecule has 10 rings (SSSR count). The Bertz CT molecular complexity index is 2700. The highest BCUT2D eigenvalue weighted by atomic mass is 19.3. The van der Waals surface area contributed by atoms with Crippen LogP contribution in [-0.4, -0.2) is 114 Å². The number of nitrogens with zero attached hydrogens (tertiary/aromatic N) is 9. The number of aryl methyl sites for hydroxylation is 1. The molecule has 330 valence electrons. The van der Waals surface area contributed by atoms with Crippen LogP contribution in [0.5, 0.6) is 0 Å². The lowest BCUT2D eigenvalue weighted by molar-refractivity contribution is -0.135. The fraction of sp³-hybridized carbons (Fsp3) is 0.523. The van der Waals surface area contributed by atoms with Crippen LogP contribution in [-0.2, 0) is 26.1 Å². The van der Waals surface area contributed by atoms with Crippen LogP contribution in [0.3, 0.4) is 0 Å². The number of likely N-dealkylation sites (tertiary alicyclic amines) is 1. The quantitative estimate of drug-likeness (QED) is 0.154. The lowest BCUT2D eigenvalue weighted by Gasteiger charge is -2.36. The number of carbonyl (C=O) groups is 3. The van der Waals surface area contributed by atoms with Crippen molar-refractivity contribution in [2.75, 3.05) is 49.6 Å². The highest BCUT2D eigenvalue weighted by Gasteiger charge is 2.40. The first-order chi connectivity index (χ1) is 30.6. The Hall–Kier alpha value is -5.97. The third kappa shape index (κ3) is 8.00. The number of piperidine rings is 2. The Morgan fingerprint density at radius 3 is 2.63 bits per heavy atom. The Morgan fingerprint density at radius 1 is 1.06 bits per heavy atom. The molecular weight excluding hydrogens is 817 g/mol. The molecule has 19 heteroatoms. The maximum atomic E-state index is 14.3. The lowest BCUT2D eigenvalue weighted by atomic mass is 9.85. The Balaban J connectivity index is 0.700.